The minimum atomic E-state index is 0.147. The third-order valence-electron chi connectivity index (χ3n) is 4.03. The van der Waals surface area contributed by atoms with Crippen molar-refractivity contribution in [2.75, 3.05) is 13.2 Å². The lowest BCUT2D eigenvalue weighted by Gasteiger charge is -2.14. The van der Waals surface area contributed by atoms with Crippen molar-refractivity contribution >= 4 is 5.91 Å². The maximum Gasteiger partial charge on any atom is 0.223 e. The fraction of sp³-hybridized carbons (Fsp3) is 0.562. The number of nitrogens with one attached hydrogen (secondary N) is 1. The molecule has 19 heavy (non-hydrogen) atoms. The highest BCUT2D eigenvalue weighted by atomic mass is 16.3. The number of carbonyl (C=O) groups is 1. The van der Waals surface area contributed by atoms with Crippen molar-refractivity contribution in [1.82, 2.24) is 5.32 Å². The second kappa shape index (κ2) is 6.71. The minimum absolute atomic E-state index is 0.147. The summed E-state index contributed by atoms with van der Waals surface area (Å²) in [6.45, 7) is 2.98. The zero-order chi connectivity index (χ0) is 13.7. The SMILES string of the molecule is CCC(CCO)CNC(=O)C1CC1c1ccccc1. The van der Waals surface area contributed by atoms with E-state index in [9.17, 15) is 4.79 Å². The molecule has 0 aliphatic heterocycles. The Hall–Kier alpha value is -1.35. The summed E-state index contributed by atoms with van der Waals surface area (Å²) in [7, 11) is 0. The molecule has 0 radical (unpaired) electrons. The monoisotopic (exact) mass is 261 g/mol. The highest BCUT2D eigenvalue weighted by Crippen LogP contribution is 2.47. The Balaban J connectivity index is 1.77. The molecule has 0 aromatic heterocycles. The first-order chi connectivity index (χ1) is 9.26. The molecule has 1 saturated carbocycles. The largest absolute Gasteiger partial charge is 0.396 e. The predicted molar refractivity (Wildman–Crippen MR) is 75.8 cm³/mol. The number of aliphatic hydroxyl groups is 1. The van der Waals surface area contributed by atoms with E-state index < -0.39 is 0 Å². The Labute approximate surface area is 115 Å². The Morgan fingerprint density at radius 1 is 1.42 bits per heavy atom. The van der Waals surface area contributed by atoms with E-state index in [-0.39, 0.29) is 18.4 Å². The van der Waals surface area contributed by atoms with Crippen molar-refractivity contribution in [2.45, 2.75) is 32.1 Å². The third-order valence-corrected chi connectivity index (χ3v) is 4.03. The van der Waals surface area contributed by atoms with E-state index >= 15 is 0 Å². The molecule has 0 heterocycles. The standard InChI is InChI=1S/C16H23NO2/c1-2-12(8-9-18)11-17-16(19)15-10-14(15)13-6-4-3-5-7-13/h3-7,12,14-15,18H,2,8-11H2,1H3,(H,17,19). The molecule has 2 rings (SSSR count). The second-order valence-electron chi connectivity index (χ2n) is 5.39. The summed E-state index contributed by atoms with van der Waals surface area (Å²) in [5.74, 6) is 1.11. The normalized spacial score (nSPS) is 22.8. The zero-order valence-corrected chi connectivity index (χ0v) is 11.5. The molecule has 1 aromatic carbocycles. The Morgan fingerprint density at radius 3 is 2.79 bits per heavy atom. The average Bonchev–Trinajstić information content (AvgIpc) is 3.24. The molecular weight excluding hydrogens is 238 g/mol. The molecule has 104 valence electrons. The van der Waals surface area contributed by atoms with Crippen molar-refractivity contribution in [3.63, 3.8) is 0 Å². The lowest BCUT2D eigenvalue weighted by Crippen LogP contribution is -2.31. The van der Waals surface area contributed by atoms with Gasteiger partial charge in [0.2, 0.25) is 5.91 Å². The highest BCUT2D eigenvalue weighted by molar-refractivity contribution is 5.82. The molecule has 0 saturated heterocycles. The number of rotatable bonds is 7. The summed E-state index contributed by atoms with van der Waals surface area (Å²) in [4.78, 5) is 12.0. The van der Waals surface area contributed by atoms with Crippen LogP contribution in [0.15, 0.2) is 30.3 Å². The van der Waals surface area contributed by atoms with Gasteiger partial charge in [-0.1, -0.05) is 43.7 Å². The van der Waals surface area contributed by atoms with Crippen LogP contribution in [-0.2, 0) is 4.79 Å². The van der Waals surface area contributed by atoms with Crippen LogP contribution in [0.25, 0.3) is 0 Å². The van der Waals surface area contributed by atoms with Gasteiger partial charge in [-0.25, -0.2) is 0 Å². The first-order valence-corrected chi connectivity index (χ1v) is 7.19. The van der Waals surface area contributed by atoms with Crippen molar-refractivity contribution in [1.29, 1.82) is 0 Å². The summed E-state index contributed by atoms with van der Waals surface area (Å²) < 4.78 is 0. The van der Waals surface area contributed by atoms with Crippen LogP contribution >= 0.6 is 0 Å². The lowest BCUT2D eigenvalue weighted by molar-refractivity contribution is -0.122. The Kier molecular flexibility index (Phi) is 4.97. The number of carbonyl (C=O) groups excluding carboxylic acids is 1. The van der Waals surface area contributed by atoms with Gasteiger partial charge < -0.3 is 10.4 Å². The van der Waals surface area contributed by atoms with Crippen molar-refractivity contribution < 1.29 is 9.90 Å². The quantitative estimate of drug-likeness (QED) is 0.791. The van der Waals surface area contributed by atoms with Gasteiger partial charge >= 0.3 is 0 Å². The topological polar surface area (TPSA) is 49.3 Å². The van der Waals surface area contributed by atoms with Crippen LogP contribution in [-0.4, -0.2) is 24.2 Å². The molecule has 1 fully saturated rings. The van der Waals surface area contributed by atoms with E-state index in [0.717, 1.165) is 19.3 Å². The van der Waals surface area contributed by atoms with Gasteiger partial charge in [0.1, 0.15) is 0 Å². The summed E-state index contributed by atoms with van der Waals surface area (Å²) in [5.41, 5.74) is 1.27. The lowest BCUT2D eigenvalue weighted by atomic mass is 10.0. The Bertz CT molecular complexity index is 404. The van der Waals surface area contributed by atoms with Crippen LogP contribution < -0.4 is 5.32 Å². The van der Waals surface area contributed by atoms with Crippen LogP contribution in [0, 0.1) is 11.8 Å². The van der Waals surface area contributed by atoms with Crippen LogP contribution in [0.4, 0.5) is 0 Å². The van der Waals surface area contributed by atoms with E-state index in [2.05, 4.69) is 24.4 Å². The fourth-order valence-corrected chi connectivity index (χ4v) is 2.56. The van der Waals surface area contributed by atoms with Gasteiger partial charge in [0.15, 0.2) is 0 Å². The molecule has 2 N–H and O–H groups in total. The number of aliphatic hydroxyl groups excluding tert-OH is 1. The third kappa shape index (κ3) is 3.80. The number of hydrogen-bond acceptors (Lipinski definition) is 2. The van der Waals surface area contributed by atoms with Gasteiger partial charge in [-0.3, -0.25) is 4.79 Å². The van der Waals surface area contributed by atoms with Gasteiger partial charge in [0.25, 0.3) is 0 Å². The van der Waals surface area contributed by atoms with Gasteiger partial charge in [0, 0.05) is 19.1 Å². The fourth-order valence-electron chi connectivity index (χ4n) is 2.56. The zero-order valence-electron chi connectivity index (χ0n) is 11.5. The molecule has 3 unspecified atom stereocenters. The molecule has 3 nitrogen and oxygen atoms in total. The van der Waals surface area contributed by atoms with Crippen molar-refractivity contribution in [2.24, 2.45) is 11.8 Å². The molecule has 0 bridgehead atoms. The van der Waals surface area contributed by atoms with Gasteiger partial charge in [-0.2, -0.15) is 0 Å². The molecule has 3 atom stereocenters. The van der Waals surface area contributed by atoms with E-state index in [0.29, 0.717) is 18.4 Å². The van der Waals surface area contributed by atoms with Crippen molar-refractivity contribution in [3.05, 3.63) is 35.9 Å². The molecule has 1 amide bonds. The van der Waals surface area contributed by atoms with E-state index in [1.54, 1.807) is 0 Å². The summed E-state index contributed by atoms with van der Waals surface area (Å²) in [6, 6.07) is 10.2. The summed E-state index contributed by atoms with van der Waals surface area (Å²) in [5, 5.41) is 12.0. The van der Waals surface area contributed by atoms with Crippen LogP contribution in [0.5, 0.6) is 0 Å². The van der Waals surface area contributed by atoms with Crippen LogP contribution in [0.3, 0.4) is 0 Å². The minimum Gasteiger partial charge on any atom is -0.396 e. The smallest absolute Gasteiger partial charge is 0.223 e. The number of benzene rings is 1. The average molecular weight is 261 g/mol. The Morgan fingerprint density at radius 2 is 2.16 bits per heavy atom. The maximum atomic E-state index is 12.0. The van der Waals surface area contributed by atoms with E-state index in [1.807, 2.05) is 18.2 Å². The molecule has 1 aliphatic carbocycles. The van der Waals surface area contributed by atoms with E-state index in [1.165, 1.54) is 5.56 Å². The van der Waals surface area contributed by atoms with Gasteiger partial charge in [0.05, 0.1) is 0 Å². The first-order valence-electron chi connectivity index (χ1n) is 7.19. The molecule has 3 heteroatoms. The van der Waals surface area contributed by atoms with Gasteiger partial charge in [-0.15, -0.1) is 0 Å². The molecule has 1 aliphatic rings. The van der Waals surface area contributed by atoms with Crippen LogP contribution in [0.2, 0.25) is 0 Å². The number of hydrogen-bond donors (Lipinski definition) is 2. The first kappa shape index (κ1) is 14.1. The predicted octanol–water partition coefficient (Wildman–Crippen LogP) is 2.31. The molecule has 0 spiro atoms. The summed E-state index contributed by atoms with van der Waals surface area (Å²) >= 11 is 0. The van der Waals surface area contributed by atoms with Crippen molar-refractivity contribution in [3.8, 4) is 0 Å². The second-order valence-corrected chi connectivity index (χ2v) is 5.39. The number of amides is 1. The van der Waals surface area contributed by atoms with E-state index in [4.69, 9.17) is 5.11 Å². The van der Waals surface area contributed by atoms with Crippen LogP contribution in [0.1, 0.15) is 37.7 Å². The highest BCUT2D eigenvalue weighted by Gasteiger charge is 2.43. The molecular formula is C16H23NO2. The van der Waals surface area contributed by atoms with Gasteiger partial charge in [-0.05, 0) is 30.2 Å². The summed E-state index contributed by atoms with van der Waals surface area (Å²) in [6.07, 6.45) is 2.73. The maximum absolute atomic E-state index is 12.0. The molecule has 1 aromatic rings.